The number of rotatable bonds is 8. The van der Waals surface area contributed by atoms with Crippen molar-refractivity contribution in [3.05, 3.63) is 114 Å². The van der Waals surface area contributed by atoms with E-state index < -0.39 is 8.38 Å². The number of methoxy groups -OCH3 is 1. The highest BCUT2D eigenvalue weighted by Gasteiger charge is 2.20. The van der Waals surface area contributed by atoms with E-state index in [1.165, 1.54) is 5.56 Å². The van der Waals surface area contributed by atoms with Gasteiger partial charge in [0.2, 0.25) is 0 Å². The fourth-order valence-corrected chi connectivity index (χ4v) is 5.12. The van der Waals surface area contributed by atoms with Gasteiger partial charge in [0, 0.05) is 5.56 Å². The van der Waals surface area contributed by atoms with Crippen LogP contribution >= 0.6 is 8.38 Å². The van der Waals surface area contributed by atoms with E-state index in [0.717, 1.165) is 39.5 Å². The summed E-state index contributed by atoms with van der Waals surface area (Å²) >= 11 is 0. The average molecular weight is 442 g/mol. The van der Waals surface area contributed by atoms with Crippen LogP contribution in [0.15, 0.2) is 97.1 Å². The molecule has 4 heteroatoms. The Balaban J connectivity index is 1.68. The fourth-order valence-electron chi connectivity index (χ4n) is 3.62. The minimum Gasteiger partial charge on any atom is -0.496 e. The van der Waals surface area contributed by atoms with Gasteiger partial charge in [-0.15, -0.1) is 0 Å². The molecule has 0 N–H and O–H groups in total. The van der Waals surface area contributed by atoms with E-state index >= 15 is 0 Å². The molecule has 4 rings (SSSR count). The van der Waals surface area contributed by atoms with Crippen LogP contribution in [0.1, 0.15) is 16.7 Å². The van der Waals surface area contributed by atoms with Gasteiger partial charge < -0.3 is 13.8 Å². The molecule has 0 spiro atoms. The number of hydrogen-bond donors (Lipinski definition) is 0. The van der Waals surface area contributed by atoms with Crippen molar-refractivity contribution in [2.24, 2.45) is 0 Å². The van der Waals surface area contributed by atoms with Crippen molar-refractivity contribution in [2.45, 2.75) is 20.0 Å². The van der Waals surface area contributed by atoms with Crippen molar-refractivity contribution in [2.75, 3.05) is 7.11 Å². The molecule has 1 unspecified atom stereocenters. The summed E-state index contributed by atoms with van der Waals surface area (Å²) in [6.07, 6.45) is 0.645. The van der Waals surface area contributed by atoms with Gasteiger partial charge in [-0.05, 0) is 54.8 Å². The molecular weight excluding hydrogens is 415 g/mol. The molecule has 0 heterocycles. The van der Waals surface area contributed by atoms with E-state index in [9.17, 15) is 0 Å². The maximum atomic E-state index is 6.47. The molecule has 0 radical (unpaired) electrons. The number of hydrogen-bond acceptors (Lipinski definition) is 3. The molecule has 1 atom stereocenters. The van der Waals surface area contributed by atoms with Gasteiger partial charge in [0.1, 0.15) is 17.2 Å². The zero-order valence-corrected chi connectivity index (χ0v) is 19.5. The van der Waals surface area contributed by atoms with E-state index in [1.54, 1.807) is 7.11 Å². The smallest absolute Gasteiger partial charge is 0.295 e. The van der Waals surface area contributed by atoms with Crippen molar-refractivity contribution in [3.63, 3.8) is 0 Å². The minimum atomic E-state index is -1.28. The summed E-state index contributed by atoms with van der Waals surface area (Å²) in [5, 5.41) is 0. The van der Waals surface area contributed by atoms with Gasteiger partial charge in [0.25, 0.3) is 8.38 Å². The highest BCUT2D eigenvalue weighted by Crippen LogP contribution is 2.46. The van der Waals surface area contributed by atoms with Crippen LogP contribution in [0.3, 0.4) is 0 Å². The Hall–Kier alpha value is -3.29. The number of aryl methyl sites for hydroxylation is 2. The summed E-state index contributed by atoms with van der Waals surface area (Å²) in [6, 6.07) is 32.6. The van der Waals surface area contributed by atoms with Crippen molar-refractivity contribution in [1.82, 2.24) is 0 Å². The van der Waals surface area contributed by atoms with Gasteiger partial charge in [-0.3, -0.25) is 0 Å². The van der Waals surface area contributed by atoms with E-state index in [-0.39, 0.29) is 0 Å². The van der Waals surface area contributed by atoms with Crippen molar-refractivity contribution >= 4 is 8.38 Å². The van der Waals surface area contributed by atoms with Crippen molar-refractivity contribution in [3.8, 4) is 28.4 Å². The zero-order chi connectivity index (χ0) is 22.3. The van der Waals surface area contributed by atoms with E-state index in [2.05, 4.69) is 56.3 Å². The lowest BCUT2D eigenvalue weighted by Crippen LogP contribution is -2.02. The summed E-state index contributed by atoms with van der Waals surface area (Å²) in [5.74, 6) is 2.51. The van der Waals surface area contributed by atoms with E-state index in [4.69, 9.17) is 13.8 Å². The highest BCUT2D eigenvalue weighted by molar-refractivity contribution is 7.47. The lowest BCUT2D eigenvalue weighted by atomic mass is 10.00. The van der Waals surface area contributed by atoms with Gasteiger partial charge in [-0.2, -0.15) is 0 Å². The van der Waals surface area contributed by atoms with Gasteiger partial charge in [-0.1, -0.05) is 78.4 Å². The summed E-state index contributed by atoms with van der Waals surface area (Å²) in [6.45, 7) is 4.16. The number of para-hydroxylation sites is 2. The maximum Gasteiger partial charge on any atom is 0.295 e. The monoisotopic (exact) mass is 442 g/mol. The third-order valence-electron chi connectivity index (χ3n) is 5.19. The fraction of sp³-hybridized carbons (Fsp3) is 0.143. The average Bonchev–Trinajstić information content (AvgIpc) is 2.82. The van der Waals surface area contributed by atoms with Crippen molar-refractivity contribution in [1.29, 1.82) is 0 Å². The summed E-state index contributed by atoms with van der Waals surface area (Å²) < 4.78 is 18.5. The van der Waals surface area contributed by atoms with Gasteiger partial charge >= 0.3 is 0 Å². The lowest BCUT2D eigenvalue weighted by Gasteiger charge is -2.21. The van der Waals surface area contributed by atoms with Crippen LogP contribution in [0.25, 0.3) is 11.1 Å². The van der Waals surface area contributed by atoms with Crippen LogP contribution in [-0.4, -0.2) is 7.11 Å². The first kappa shape index (κ1) is 21.9. The number of benzene rings is 4. The molecule has 0 saturated heterocycles. The normalized spacial score (nSPS) is 11.6. The molecule has 0 aliphatic heterocycles. The quantitative estimate of drug-likeness (QED) is 0.259. The molecule has 162 valence electrons. The van der Waals surface area contributed by atoms with Crippen LogP contribution in [-0.2, 0) is 6.16 Å². The summed E-state index contributed by atoms with van der Waals surface area (Å²) in [7, 11) is 0.428. The number of ether oxygens (including phenoxy) is 1. The first-order valence-corrected chi connectivity index (χ1v) is 12.0. The molecule has 0 aliphatic rings. The topological polar surface area (TPSA) is 27.7 Å². The third-order valence-corrected chi connectivity index (χ3v) is 6.61. The molecule has 4 aromatic carbocycles. The predicted molar refractivity (Wildman–Crippen MR) is 133 cm³/mol. The Labute approximate surface area is 191 Å². The Bertz CT molecular complexity index is 1170. The molecule has 0 aliphatic carbocycles. The SMILES string of the molecule is COc1ccccc1-c1ccccc1CP(Oc1ccccc1)Oc1ccc(C)cc1C. The second-order valence-electron chi connectivity index (χ2n) is 7.61. The van der Waals surface area contributed by atoms with Crippen LogP contribution in [0.2, 0.25) is 0 Å². The maximum absolute atomic E-state index is 6.47. The molecule has 4 aromatic rings. The van der Waals surface area contributed by atoms with E-state index in [1.807, 2.05) is 54.6 Å². The Morgan fingerprint density at radius 3 is 2.09 bits per heavy atom. The molecule has 32 heavy (non-hydrogen) atoms. The lowest BCUT2D eigenvalue weighted by molar-refractivity contribution is 0.416. The highest BCUT2D eigenvalue weighted by atomic mass is 31.2. The largest absolute Gasteiger partial charge is 0.496 e. The Morgan fingerprint density at radius 2 is 1.34 bits per heavy atom. The van der Waals surface area contributed by atoms with E-state index in [0.29, 0.717) is 6.16 Å². The third kappa shape index (κ3) is 5.30. The summed E-state index contributed by atoms with van der Waals surface area (Å²) in [4.78, 5) is 0. The predicted octanol–water partition coefficient (Wildman–Crippen LogP) is 7.95. The van der Waals surface area contributed by atoms with Crippen LogP contribution in [0.5, 0.6) is 17.2 Å². The molecule has 0 fully saturated rings. The Kier molecular flexibility index (Phi) is 7.09. The van der Waals surface area contributed by atoms with Crippen LogP contribution < -0.4 is 13.8 Å². The molecule has 0 saturated carbocycles. The summed E-state index contributed by atoms with van der Waals surface area (Å²) in [5.41, 5.74) is 5.66. The first-order chi connectivity index (χ1) is 15.6. The standard InChI is InChI=1S/C28H27O3P/c1-21-17-18-27(22(2)19-21)31-32(30-24-12-5-4-6-13-24)20-23-11-7-8-14-25(23)26-15-9-10-16-28(26)29-3/h4-19H,20H2,1-3H3. The second kappa shape index (κ2) is 10.3. The van der Waals surface area contributed by atoms with Crippen LogP contribution in [0.4, 0.5) is 0 Å². The van der Waals surface area contributed by atoms with Gasteiger partial charge in [-0.25, -0.2) is 0 Å². The minimum absolute atomic E-state index is 0.645. The molecule has 0 bridgehead atoms. The Morgan fingerprint density at radius 1 is 0.656 bits per heavy atom. The van der Waals surface area contributed by atoms with Gasteiger partial charge in [0.05, 0.1) is 13.3 Å². The molecular formula is C28H27O3P. The first-order valence-electron chi connectivity index (χ1n) is 10.6. The van der Waals surface area contributed by atoms with Gasteiger partial charge in [0.15, 0.2) is 0 Å². The molecule has 3 nitrogen and oxygen atoms in total. The molecule has 0 aromatic heterocycles. The van der Waals surface area contributed by atoms with Crippen LogP contribution in [0, 0.1) is 13.8 Å². The molecule has 0 amide bonds. The second-order valence-corrected chi connectivity index (χ2v) is 8.96. The van der Waals surface area contributed by atoms with Crippen molar-refractivity contribution < 1.29 is 13.8 Å². The zero-order valence-electron chi connectivity index (χ0n) is 18.6.